The number of rotatable bonds is 6. The van der Waals surface area contributed by atoms with Crippen molar-refractivity contribution in [2.45, 2.75) is 13.2 Å². The molecular formula is C22H20N6O2. The second-order valence-corrected chi connectivity index (χ2v) is 6.58. The van der Waals surface area contributed by atoms with Crippen LogP contribution < -0.4 is 11.5 Å². The number of fused-ring (bicyclic) bond motifs is 1. The van der Waals surface area contributed by atoms with Crippen molar-refractivity contribution in [3.05, 3.63) is 89.9 Å². The Morgan fingerprint density at radius 2 is 1.83 bits per heavy atom. The van der Waals surface area contributed by atoms with Crippen LogP contribution in [0.25, 0.3) is 16.6 Å². The van der Waals surface area contributed by atoms with Crippen molar-refractivity contribution >= 4 is 22.8 Å². The predicted molar refractivity (Wildman–Crippen MR) is 114 cm³/mol. The van der Waals surface area contributed by atoms with Gasteiger partial charge >= 0.3 is 0 Å². The topological polar surface area (TPSA) is 121 Å². The number of amides is 1. The minimum Gasteiger partial charge on any atom is -0.370 e. The van der Waals surface area contributed by atoms with Gasteiger partial charge in [0.25, 0.3) is 5.91 Å². The molecule has 4 N–H and O–H groups in total. The standard InChI is InChI=1S/C22H20N6O2/c23-22(24)27-21(29)17-12-26-28(19-10-4-9-18-16(19)8-5-11-25-18)20(17)14-30-13-15-6-2-1-3-7-15/h1-12H,13-14H2,(H4,23,24,27,29). The van der Waals surface area contributed by atoms with E-state index in [0.29, 0.717) is 12.3 Å². The van der Waals surface area contributed by atoms with E-state index in [1.54, 1.807) is 10.9 Å². The monoisotopic (exact) mass is 400 g/mol. The van der Waals surface area contributed by atoms with E-state index in [4.69, 9.17) is 16.2 Å². The third-order valence-electron chi connectivity index (χ3n) is 4.53. The van der Waals surface area contributed by atoms with Crippen LogP contribution in [0.5, 0.6) is 0 Å². The van der Waals surface area contributed by atoms with Crippen molar-refractivity contribution in [1.29, 1.82) is 0 Å². The van der Waals surface area contributed by atoms with Gasteiger partial charge in [-0.25, -0.2) is 4.68 Å². The number of nitrogens with two attached hydrogens (primary N) is 2. The van der Waals surface area contributed by atoms with Crippen LogP contribution in [-0.2, 0) is 18.0 Å². The van der Waals surface area contributed by atoms with Gasteiger partial charge in [-0.3, -0.25) is 9.78 Å². The van der Waals surface area contributed by atoms with Crippen LogP contribution in [0, 0.1) is 0 Å². The summed E-state index contributed by atoms with van der Waals surface area (Å²) in [4.78, 5) is 20.6. The maximum Gasteiger partial charge on any atom is 0.283 e. The highest BCUT2D eigenvalue weighted by Crippen LogP contribution is 2.24. The summed E-state index contributed by atoms with van der Waals surface area (Å²) in [6, 6.07) is 19.3. The quantitative estimate of drug-likeness (QED) is 0.379. The van der Waals surface area contributed by atoms with Gasteiger partial charge in [0.05, 0.1) is 41.9 Å². The van der Waals surface area contributed by atoms with E-state index < -0.39 is 5.91 Å². The van der Waals surface area contributed by atoms with E-state index in [0.717, 1.165) is 22.2 Å². The second kappa shape index (κ2) is 8.54. The first kappa shape index (κ1) is 19.3. The molecule has 0 aliphatic heterocycles. The Morgan fingerprint density at radius 3 is 2.63 bits per heavy atom. The molecule has 0 aliphatic rings. The fourth-order valence-electron chi connectivity index (χ4n) is 3.19. The molecule has 8 heteroatoms. The lowest BCUT2D eigenvalue weighted by Crippen LogP contribution is -2.24. The number of guanidine groups is 1. The molecule has 30 heavy (non-hydrogen) atoms. The van der Waals surface area contributed by atoms with Gasteiger partial charge in [-0.1, -0.05) is 36.4 Å². The molecule has 1 amide bonds. The van der Waals surface area contributed by atoms with Gasteiger partial charge < -0.3 is 16.2 Å². The van der Waals surface area contributed by atoms with E-state index in [1.807, 2.05) is 60.7 Å². The van der Waals surface area contributed by atoms with Crippen molar-refractivity contribution in [3.63, 3.8) is 0 Å². The van der Waals surface area contributed by atoms with Gasteiger partial charge in [0.1, 0.15) is 0 Å². The van der Waals surface area contributed by atoms with E-state index in [2.05, 4.69) is 15.1 Å². The summed E-state index contributed by atoms with van der Waals surface area (Å²) in [5.74, 6) is -0.879. The molecule has 2 heterocycles. The summed E-state index contributed by atoms with van der Waals surface area (Å²) in [6.07, 6.45) is 3.18. The van der Waals surface area contributed by atoms with Gasteiger partial charge in [0.2, 0.25) is 0 Å². The molecule has 8 nitrogen and oxygen atoms in total. The molecule has 0 bridgehead atoms. The third-order valence-corrected chi connectivity index (χ3v) is 4.53. The molecule has 0 saturated heterocycles. The summed E-state index contributed by atoms with van der Waals surface area (Å²) in [5, 5.41) is 5.32. The molecule has 0 radical (unpaired) electrons. The summed E-state index contributed by atoms with van der Waals surface area (Å²) in [6.45, 7) is 0.533. The Hall–Kier alpha value is -4.04. The Balaban J connectivity index is 1.73. The van der Waals surface area contributed by atoms with Gasteiger partial charge in [0, 0.05) is 11.6 Å². The number of aromatic nitrogens is 3. The van der Waals surface area contributed by atoms with E-state index >= 15 is 0 Å². The Morgan fingerprint density at radius 1 is 1.00 bits per heavy atom. The van der Waals surface area contributed by atoms with Crippen LogP contribution in [0.4, 0.5) is 0 Å². The van der Waals surface area contributed by atoms with E-state index in [9.17, 15) is 4.79 Å². The summed E-state index contributed by atoms with van der Waals surface area (Å²) in [7, 11) is 0. The molecule has 4 aromatic rings. The Kier molecular flexibility index (Phi) is 5.49. The maximum atomic E-state index is 12.5. The third kappa shape index (κ3) is 4.03. The molecule has 0 fully saturated rings. The zero-order valence-corrected chi connectivity index (χ0v) is 16.1. The average Bonchev–Trinajstić information content (AvgIpc) is 3.17. The molecule has 2 aromatic heterocycles. The van der Waals surface area contributed by atoms with Crippen molar-refractivity contribution < 1.29 is 9.53 Å². The van der Waals surface area contributed by atoms with Crippen LogP contribution >= 0.6 is 0 Å². The molecule has 0 saturated carbocycles. The minimum absolute atomic E-state index is 0.145. The zero-order valence-electron chi connectivity index (χ0n) is 16.1. The second-order valence-electron chi connectivity index (χ2n) is 6.58. The number of carbonyl (C=O) groups is 1. The molecule has 4 rings (SSSR count). The fourth-order valence-corrected chi connectivity index (χ4v) is 3.19. The van der Waals surface area contributed by atoms with Crippen LogP contribution in [0.15, 0.2) is 78.0 Å². The van der Waals surface area contributed by atoms with Crippen LogP contribution in [0.3, 0.4) is 0 Å². The summed E-state index contributed by atoms with van der Waals surface area (Å²) < 4.78 is 7.57. The smallest absolute Gasteiger partial charge is 0.283 e. The first-order valence-corrected chi connectivity index (χ1v) is 9.30. The van der Waals surface area contributed by atoms with Crippen molar-refractivity contribution in [3.8, 4) is 5.69 Å². The van der Waals surface area contributed by atoms with Crippen molar-refractivity contribution in [2.24, 2.45) is 16.5 Å². The zero-order chi connectivity index (χ0) is 20.9. The highest BCUT2D eigenvalue weighted by molar-refractivity contribution is 6.02. The predicted octanol–water partition coefficient (Wildman–Crippen LogP) is 2.55. The first-order valence-electron chi connectivity index (χ1n) is 9.30. The molecule has 0 spiro atoms. The molecule has 150 valence electrons. The number of benzene rings is 2. The number of ether oxygens (including phenoxy) is 1. The normalized spacial score (nSPS) is 10.8. The lowest BCUT2D eigenvalue weighted by Gasteiger charge is -2.12. The molecule has 0 aliphatic carbocycles. The lowest BCUT2D eigenvalue weighted by molar-refractivity contribution is 0.0955. The number of hydrogen-bond acceptors (Lipinski definition) is 4. The fraction of sp³-hybridized carbons (Fsp3) is 0.0909. The number of pyridine rings is 1. The van der Waals surface area contributed by atoms with Gasteiger partial charge in [0.15, 0.2) is 5.96 Å². The van der Waals surface area contributed by atoms with Crippen LogP contribution in [0.1, 0.15) is 21.6 Å². The summed E-state index contributed by atoms with van der Waals surface area (Å²) >= 11 is 0. The maximum absolute atomic E-state index is 12.5. The number of carbonyl (C=O) groups excluding carboxylic acids is 1. The Labute approximate surface area is 172 Å². The van der Waals surface area contributed by atoms with Gasteiger partial charge in [-0.15, -0.1) is 0 Å². The number of aliphatic imine (C=N–C) groups is 1. The number of hydrogen-bond donors (Lipinski definition) is 2. The van der Waals surface area contributed by atoms with E-state index in [-0.39, 0.29) is 18.1 Å². The van der Waals surface area contributed by atoms with E-state index in [1.165, 1.54) is 6.20 Å². The SMILES string of the molecule is NC(N)=NC(=O)c1cnn(-c2cccc3ncccc23)c1COCc1ccccc1. The average molecular weight is 400 g/mol. The molecule has 2 aromatic carbocycles. The summed E-state index contributed by atoms with van der Waals surface area (Å²) in [5.41, 5.74) is 14.2. The minimum atomic E-state index is -0.571. The Bertz CT molecular complexity index is 1210. The highest BCUT2D eigenvalue weighted by atomic mass is 16.5. The largest absolute Gasteiger partial charge is 0.370 e. The van der Waals surface area contributed by atoms with Crippen LogP contribution in [0.2, 0.25) is 0 Å². The van der Waals surface area contributed by atoms with Crippen molar-refractivity contribution in [1.82, 2.24) is 14.8 Å². The first-order chi connectivity index (χ1) is 14.6. The van der Waals surface area contributed by atoms with Crippen molar-refractivity contribution in [2.75, 3.05) is 0 Å². The highest BCUT2D eigenvalue weighted by Gasteiger charge is 2.20. The van der Waals surface area contributed by atoms with Gasteiger partial charge in [-0.2, -0.15) is 10.1 Å². The van der Waals surface area contributed by atoms with Gasteiger partial charge in [-0.05, 0) is 29.8 Å². The number of nitrogens with zero attached hydrogens (tertiary/aromatic N) is 4. The lowest BCUT2D eigenvalue weighted by atomic mass is 10.1. The van der Waals surface area contributed by atoms with Crippen LogP contribution in [-0.4, -0.2) is 26.6 Å². The molecule has 0 atom stereocenters. The molecular weight excluding hydrogens is 380 g/mol. The molecule has 0 unspecified atom stereocenters.